The number of aromatic nitrogens is 7. The van der Waals surface area contributed by atoms with Crippen LogP contribution in [0.3, 0.4) is 0 Å². The van der Waals surface area contributed by atoms with Crippen molar-refractivity contribution in [2.75, 3.05) is 0 Å². The van der Waals surface area contributed by atoms with Crippen molar-refractivity contribution in [1.29, 1.82) is 0 Å². The monoisotopic (exact) mass is 375 g/mol. The number of nitrogens with zero attached hydrogens (tertiary/aromatic N) is 6. The van der Waals surface area contributed by atoms with E-state index in [0.717, 1.165) is 16.8 Å². The fourth-order valence-electron chi connectivity index (χ4n) is 3.20. The van der Waals surface area contributed by atoms with Gasteiger partial charge >= 0.3 is 0 Å². The Morgan fingerprint density at radius 1 is 1.07 bits per heavy atom. The second-order valence-electron chi connectivity index (χ2n) is 6.38. The smallest absolute Gasteiger partial charge is 0.280 e. The molecule has 0 unspecified atom stereocenters. The SMILES string of the molecule is O=c1c2nnc3c(-c4ccc(F)cc4)cnn3c2ccn1CCc1cnc[nH]1. The molecule has 0 spiro atoms. The van der Waals surface area contributed by atoms with Crippen LogP contribution < -0.4 is 5.56 Å². The topological polar surface area (TPSA) is 93.8 Å². The first-order valence-electron chi connectivity index (χ1n) is 8.67. The van der Waals surface area contributed by atoms with Crippen LogP contribution in [-0.2, 0) is 13.0 Å². The zero-order valence-corrected chi connectivity index (χ0v) is 14.6. The van der Waals surface area contributed by atoms with E-state index in [2.05, 4.69) is 25.3 Å². The third-order valence-electron chi connectivity index (χ3n) is 4.67. The molecule has 0 aliphatic rings. The van der Waals surface area contributed by atoms with E-state index in [0.29, 0.717) is 24.1 Å². The zero-order valence-electron chi connectivity index (χ0n) is 14.6. The van der Waals surface area contributed by atoms with Crippen molar-refractivity contribution in [3.8, 4) is 11.1 Å². The molecule has 4 aromatic heterocycles. The Labute approximate surface area is 157 Å². The number of pyridine rings is 1. The molecule has 0 amide bonds. The largest absolute Gasteiger partial charge is 0.348 e. The minimum Gasteiger partial charge on any atom is -0.348 e. The standard InChI is InChI=1S/C19H14FN7O/c20-13-3-1-12(2-4-13)15-10-23-27-16-6-8-26(7-5-14-9-21-11-22-14)19(28)17(16)24-25-18(15)27/h1-4,6,8-11H,5,7H2,(H,21,22). The van der Waals surface area contributed by atoms with Crippen molar-refractivity contribution < 1.29 is 4.39 Å². The van der Waals surface area contributed by atoms with Gasteiger partial charge < -0.3 is 9.55 Å². The third-order valence-corrected chi connectivity index (χ3v) is 4.67. The van der Waals surface area contributed by atoms with Crippen LogP contribution in [0.25, 0.3) is 27.8 Å². The van der Waals surface area contributed by atoms with Gasteiger partial charge in [-0.3, -0.25) is 4.79 Å². The minimum atomic E-state index is -0.313. The van der Waals surface area contributed by atoms with Gasteiger partial charge in [-0.1, -0.05) is 12.1 Å². The highest BCUT2D eigenvalue weighted by Gasteiger charge is 2.14. The van der Waals surface area contributed by atoms with E-state index in [-0.39, 0.29) is 16.9 Å². The number of nitrogens with one attached hydrogen (secondary N) is 1. The predicted octanol–water partition coefficient (Wildman–Crippen LogP) is 2.21. The highest BCUT2D eigenvalue weighted by molar-refractivity contribution is 5.82. The van der Waals surface area contributed by atoms with Crippen LogP contribution in [0.1, 0.15) is 5.69 Å². The van der Waals surface area contributed by atoms with Gasteiger partial charge in [0.2, 0.25) is 0 Å². The molecule has 0 saturated heterocycles. The lowest BCUT2D eigenvalue weighted by Gasteiger charge is -2.07. The van der Waals surface area contributed by atoms with Crippen LogP contribution in [0.5, 0.6) is 0 Å². The molecule has 0 aliphatic heterocycles. The summed E-state index contributed by atoms with van der Waals surface area (Å²) in [5, 5.41) is 12.7. The summed E-state index contributed by atoms with van der Waals surface area (Å²) in [6, 6.07) is 7.88. The number of hydrogen-bond donors (Lipinski definition) is 1. The Hall–Kier alpha value is -3.88. The van der Waals surface area contributed by atoms with Gasteiger partial charge in [0, 0.05) is 36.6 Å². The van der Waals surface area contributed by atoms with E-state index in [4.69, 9.17) is 0 Å². The molecule has 5 rings (SSSR count). The molecular formula is C19H14FN7O. The third kappa shape index (κ3) is 2.64. The second-order valence-corrected chi connectivity index (χ2v) is 6.38. The number of halogens is 1. The van der Waals surface area contributed by atoms with Crippen LogP contribution in [0.15, 0.2) is 60.0 Å². The predicted molar refractivity (Wildman–Crippen MR) is 100 cm³/mol. The first-order valence-corrected chi connectivity index (χ1v) is 8.67. The molecule has 0 atom stereocenters. The molecule has 5 aromatic rings. The molecule has 1 N–H and O–H groups in total. The van der Waals surface area contributed by atoms with Gasteiger partial charge in [0.1, 0.15) is 11.3 Å². The van der Waals surface area contributed by atoms with Crippen LogP contribution >= 0.6 is 0 Å². The molecule has 1 aromatic carbocycles. The number of aryl methyl sites for hydroxylation is 2. The number of aromatic amines is 1. The molecule has 138 valence electrons. The van der Waals surface area contributed by atoms with E-state index in [1.807, 2.05) is 0 Å². The molecule has 0 saturated carbocycles. The molecule has 8 nitrogen and oxygen atoms in total. The highest BCUT2D eigenvalue weighted by Crippen LogP contribution is 2.24. The molecule has 0 fully saturated rings. The highest BCUT2D eigenvalue weighted by atomic mass is 19.1. The summed E-state index contributed by atoms with van der Waals surface area (Å²) in [7, 11) is 0. The summed E-state index contributed by atoms with van der Waals surface area (Å²) in [4.78, 5) is 19.8. The van der Waals surface area contributed by atoms with Crippen molar-refractivity contribution in [3.63, 3.8) is 0 Å². The Morgan fingerprint density at radius 2 is 1.93 bits per heavy atom. The van der Waals surface area contributed by atoms with Crippen molar-refractivity contribution in [2.24, 2.45) is 0 Å². The van der Waals surface area contributed by atoms with Gasteiger partial charge in [0.15, 0.2) is 11.2 Å². The molecule has 0 radical (unpaired) electrons. The van der Waals surface area contributed by atoms with Gasteiger partial charge in [0.05, 0.1) is 12.5 Å². The van der Waals surface area contributed by atoms with Crippen LogP contribution in [0.4, 0.5) is 4.39 Å². The van der Waals surface area contributed by atoms with E-state index < -0.39 is 0 Å². The van der Waals surface area contributed by atoms with Gasteiger partial charge in [-0.2, -0.15) is 5.10 Å². The lowest BCUT2D eigenvalue weighted by molar-refractivity contribution is 0.628. The van der Waals surface area contributed by atoms with Gasteiger partial charge in [-0.05, 0) is 23.8 Å². The van der Waals surface area contributed by atoms with E-state index in [9.17, 15) is 9.18 Å². The Morgan fingerprint density at radius 3 is 2.71 bits per heavy atom. The summed E-state index contributed by atoms with van der Waals surface area (Å²) >= 11 is 0. The van der Waals surface area contributed by atoms with Crippen LogP contribution in [0, 0.1) is 5.82 Å². The number of rotatable bonds is 4. The number of H-pyrrole nitrogens is 1. The normalized spacial score (nSPS) is 11.5. The number of imidazole rings is 1. The fraction of sp³-hybridized carbons (Fsp3) is 0.105. The average molecular weight is 375 g/mol. The number of benzene rings is 1. The Kier molecular flexibility index (Phi) is 3.71. The molecular weight excluding hydrogens is 361 g/mol. The van der Waals surface area contributed by atoms with Crippen molar-refractivity contribution in [3.05, 3.63) is 77.1 Å². The molecule has 0 bridgehead atoms. The minimum absolute atomic E-state index is 0.231. The summed E-state index contributed by atoms with van der Waals surface area (Å²) in [6.45, 7) is 0.497. The van der Waals surface area contributed by atoms with Gasteiger partial charge in [-0.25, -0.2) is 13.9 Å². The lowest BCUT2D eigenvalue weighted by atomic mass is 10.1. The second kappa shape index (κ2) is 6.38. The summed E-state index contributed by atoms with van der Waals surface area (Å²) in [5.74, 6) is -0.313. The van der Waals surface area contributed by atoms with Crippen molar-refractivity contribution >= 4 is 16.7 Å². The molecule has 9 heteroatoms. The first-order chi connectivity index (χ1) is 13.7. The lowest BCUT2D eigenvalue weighted by Crippen LogP contribution is -2.22. The molecule has 0 aliphatic carbocycles. The van der Waals surface area contributed by atoms with Crippen LogP contribution in [0.2, 0.25) is 0 Å². The summed E-state index contributed by atoms with van der Waals surface area (Å²) in [5.41, 5.74) is 3.54. The van der Waals surface area contributed by atoms with Gasteiger partial charge in [-0.15, -0.1) is 10.2 Å². The number of hydrogen-bond acceptors (Lipinski definition) is 5. The molecule has 4 heterocycles. The summed E-state index contributed by atoms with van der Waals surface area (Å²) < 4.78 is 16.4. The number of fused-ring (bicyclic) bond motifs is 3. The Bertz CT molecular complexity index is 1340. The zero-order chi connectivity index (χ0) is 19.1. The average Bonchev–Trinajstić information content (AvgIpc) is 3.38. The molecule has 28 heavy (non-hydrogen) atoms. The van der Waals surface area contributed by atoms with Crippen LogP contribution in [-0.4, -0.2) is 34.3 Å². The van der Waals surface area contributed by atoms with E-state index >= 15 is 0 Å². The Balaban J connectivity index is 1.58. The van der Waals surface area contributed by atoms with Crippen molar-refractivity contribution in [1.82, 2.24) is 34.3 Å². The van der Waals surface area contributed by atoms with Gasteiger partial charge in [0.25, 0.3) is 5.56 Å². The fourth-order valence-corrected chi connectivity index (χ4v) is 3.20. The maximum atomic E-state index is 13.2. The van der Waals surface area contributed by atoms with E-state index in [1.165, 1.54) is 12.1 Å². The summed E-state index contributed by atoms with van der Waals surface area (Å²) in [6.07, 6.45) is 7.35. The maximum absolute atomic E-state index is 13.2. The maximum Gasteiger partial charge on any atom is 0.280 e. The quantitative estimate of drug-likeness (QED) is 0.520. The van der Waals surface area contributed by atoms with Crippen molar-refractivity contribution in [2.45, 2.75) is 13.0 Å². The van der Waals surface area contributed by atoms with E-state index in [1.54, 1.807) is 52.2 Å². The first kappa shape index (κ1) is 16.3.